The first kappa shape index (κ1) is 15.2. The lowest BCUT2D eigenvalue weighted by molar-refractivity contribution is -0.385. The number of nitro benzene ring substituents is 1. The molecule has 5 nitrogen and oxygen atoms in total. The lowest BCUT2D eigenvalue weighted by atomic mass is 10.3. The fourth-order valence-corrected chi connectivity index (χ4v) is 1.68. The number of nitrogens with zero attached hydrogens (tertiary/aromatic N) is 2. The van der Waals surface area contributed by atoms with Crippen LogP contribution in [0.1, 0.15) is 0 Å². The van der Waals surface area contributed by atoms with Gasteiger partial charge < -0.3 is 4.74 Å². The molecule has 0 aliphatic heterocycles. The number of pyridine rings is 1. The van der Waals surface area contributed by atoms with Crippen LogP contribution in [0.5, 0.6) is 11.6 Å². The second kappa shape index (κ2) is 5.64. The van der Waals surface area contributed by atoms with Gasteiger partial charge in [-0.15, -0.1) is 0 Å². The fourth-order valence-electron chi connectivity index (χ4n) is 1.35. The Labute approximate surface area is 122 Å². The molecule has 1 aromatic heterocycles. The van der Waals surface area contributed by atoms with Gasteiger partial charge in [-0.05, 0) is 15.9 Å². The summed E-state index contributed by atoms with van der Waals surface area (Å²) in [5, 5.41) is 10.8. The van der Waals surface area contributed by atoms with Crippen molar-refractivity contribution in [1.29, 1.82) is 0 Å². The maximum absolute atomic E-state index is 13.4. The van der Waals surface area contributed by atoms with Crippen molar-refractivity contribution in [2.45, 2.75) is 0 Å². The molecular weight excluding hydrogens is 364 g/mol. The summed E-state index contributed by atoms with van der Waals surface area (Å²) in [4.78, 5) is 12.7. The number of rotatable bonds is 3. The van der Waals surface area contributed by atoms with Gasteiger partial charge in [0.25, 0.3) is 11.8 Å². The predicted octanol–water partition coefficient (Wildman–Crippen LogP) is 4.10. The van der Waals surface area contributed by atoms with Gasteiger partial charge in [0.05, 0.1) is 9.40 Å². The van der Waals surface area contributed by atoms with Gasteiger partial charge in [0.2, 0.25) is 5.75 Å². The minimum absolute atomic E-state index is 0.152. The number of hydrogen-bond acceptors (Lipinski definition) is 4. The molecule has 0 aliphatic carbocycles. The van der Waals surface area contributed by atoms with Crippen LogP contribution in [0.3, 0.4) is 0 Å². The largest absolute Gasteiger partial charge is 0.429 e. The highest BCUT2D eigenvalue weighted by atomic mass is 79.9. The van der Waals surface area contributed by atoms with E-state index in [-0.39, 0.29) is 10.5 Å². The van der Waals surface area contributed by atoms with Crippen LogP contribution >= 0.6 is 15.9 Å². The number of halogens is 5. The summed E-state index contributed by atoms with van der Waals surface area (Å²) in [5.41, 5.74) is -0.714. The monoisotopic (exact) mass is 366 g/mol. The third kappa shape index (κ3) is 3.10. The summed E-state index contributed by atoms with van der Waals surface area (Å²) in [6, 6.07) is 1.52. The van der Waals surface area contributed by atoms with Gasteiger partial charge in [-0.3, -0.25) is 10.1 Å². The molecule has 0 N–H and O–H groups in total. The number of hydrogen-bond donors (Lipinski definition) is 0. The van der Waals surface area contributed by atoms with Crippen LogP contribution in [0.25, 0.3) is 0 Å². The molecule has 0 unspecified atom stereocenters. The summed E-state index contributed by atoms with van der Waals surface area (Å²) in [7, 11) is 0. The molecule has 0 radical (unpaired) electrons. The first-order valence-electron chi connectivity index (χ1n) is 5.12. The number of ether oxygens (including phenoxy) is 1. The highest BCUT2D eigenvalue weighted by Crippen LogP contribution is 2.35. The topological polar surface area (TPSA) is 65.3 Å². The second-order valence-corrected chi connectivity index (χ2v) is 4.50. The Morgan fingerprint density at radius 1 is 1.10 bits per heavy atom. The van der Waals surface area contributed by atoms with E-state index in [0.717, 1.165) is 6.07 Å². The number of nitro groups is 1. The average Bonchev–Trinajstić information content (AvgIpc) is 2.39. The Bertz CT molecular complexity index is 742. The molecule has 1 aromatic carbocycles. The maximum atomic E-state index is 13.4. The maximum Gasteiger partial charge on any atom is 0.312 e. The molecule has 0 spiro atoms. The van der Waals surface area contributed by atoms with Crippen LogP contribution in [-0.4, -0.2) is 9.91 Å². The molecule has 2 rings (SSSR count). The van der Waals surface area contributed by atoms with Crippen molar-refractivity contribution in [1.82, 2.24) is 4.98 Å². The molecule has 1 heterocycles. The average molecular weight is 367 g/mol. The summed E-state index contributed by atoms with van der Waals surface area (Å²) < 4.78 is 56.8. The zero-order chi connectivity index (χ0) is 15.7. The van der Waals surface area contributed by atoms with E-state index in [2.05, 4.69) is 25.7 Å². The Hall–Kier alpha value is -2.23. The first-order valence-corrected chi connectivity index (χ1v) is 5.91. The van der Waals surface area contributed by atoms with Crippen LogP contribution in [0.4, 0.5) is 23.2 Å². The van der Waals surface area contributed by atoms with Crippen molar-refractivity contribution in [3.05, 3.63) is 56.2 Å². The standard InChI is InChI=1S/C11H3BrF4N2O3/c12-4-1-8(18(19)20)9(3-5(4)13)21-11-7(15)2-6(14)10(16)17-11/h1-3H. The predicted molar refractivity (Wildman–Crippen MR) is 64.9 cm³/mol. The summed E-state index contributed by atoms with van der Waals surface area (Å²) in [6.07, 6.45) is 0. The van der Waals surface area contributed by atoms with Crippen LogP contribution in [0.2, 0.25) is 0 Å². The summed E-state index contributed by atoms with van der Waals surface area (Å²) in [5.74, 6) is -7.31. The molecule has 0 saturated heterocycles. The van der Waals surface area contributed by atoms with Crippen LogP contribution in [0, 0.1) is 33.5 Å². The van der Waals surface area contributed by atoms with E-state index in [4.69, 9.17) is 0 Å². The normalized spacial score (nSPS) is 10.5. The van der Waals surface area contributed by atoms with Crippen molar-refractivity contribution < 1.29 is 27.2 Å². The first-order chi connectivity index (χ1) is 9.79. The second-order valence-electron chi connectivity index (χ2n) is 3.64. The van der Waals surface area contributed by atoms with Crippen molar-refractivity contribution in [2.24, 2.45) is 0 Å². The lowest BCUT2D eigenvalue weighted by Crippen LogP contribution is -2.00. The third-order valence-electron chi connectivity index (χ3n) is 2.26. The summed E-state index contributed by atoms with van der Waals surface area (Å²) in [6.45, 7) is 0. The molecule has 0 amide bonds. The molecule has 0 bridgehead atoms. The van der Waals surface area contributed by atoms with E-state index in [1.807, 2.05) is 0 Å². The van der Waals surface area contributed by atoms with E-state index in [9.17, 15) is 27.7 Å². The SMILES string of the molecule is O=[N+]([O-])c1cc(Br)c(F)cc1Oc1nc(F)c(F)cc1F. The molecule has 0 fully saturated rings. The zero-order valence-corrected chi connectivity index (χ0v) is 11.3. The van der Waals surface area contributed by atoms with Crippen LogP contribution in [0.15, 0.2) is 22.7 Å². The molecular formula is C11H3BrF4N2O3. The van der Waals surface area contributed by atoms with Gasteiger partial charge in [0.15, 0.2) is 11.6 Å². The number of aromatic nitrogens is 1. The van der Waals surface area contributed by atoms with Crippen LogP contribution in [-0.2, 0) is 0 Å². The minimum atomic E-state index is -1.66. The van der Waals surface area contributed by atoms with Crippen molar-refractivity contribution >= 4 is 21.6 Å². The van der Waals surface area contributed by atoms with E-state index >= 15 is 0 Å². The fraction of sp³-hybridized carbons (Fsp3) is 0. The quantitative estimate of drug-likeness (QED) is 0.355. The van der Waals surface area contributed by atoms with E-state index in [1.165, 1.54) is 0 Å². The van der Waals surface area contributed by atoms with Gasteiger partial charge in [-0.1, -0.05) is 0 Å². The Balaban J connectivity index is 2.51. The van der Waals surface area contributed by atoms with Gasteiger partial charge in [-0.25, -0.2) is 13.2 Å². The van der Waals surface area contributed by atoms with E-state index in [0.29, 0.717) is 6.07 Å². The highest BCUT2D eigenvalue weighted by Gasteiger charge is 2.22. The van der Waals surface area contributed by atoms with E-state index < -0.39 is 45.6 Å². The third-order valence-corrected chi connectivity index (χ3v) is 2.87. The van der Waals surface area contributed by atoms with Crippen molar-refractivity contribution in [2.75, 3.05) is 0 Å². The van der Waals surface area contributed by atoms with Crippen LogP contribution < -0.4 is 4.74 Å². The smallest absolute Gasteiger partial charge is 0.312 e. The molecule has 0 aliphatic rings. The molecule has 10 heteroatoms. The number of benzene rings is 1. The van der Waals surface area contributed by atoms with Gasteiger partial charge in [-0.2, -0.15) is 9.37 Å². The molecule has 0 atom stereocenters. The molecule has 21 heavy (non-hydrogen) atoms. The Morgan fingerprint density at radius 3 is 2.38 bits per heavy atom. The molecule has 2 aromatic rings. The van der Waals surface area contributed by atoms with Gasteiger partial charge in [0.1, 0.15) is 5.82 Å². The van der Waals surface area contributed by atoms with Crippen molar-refractivity contribution in [3.63, 3.8) is 0 Å². The summed E-state index contributed by atoms with van der Waals surface area (Å²) >= 11 is 2.74. The van der Waals surface area contributed by atoms with Gasteiger partial charge >= 0.3 is 5.69 Å². The Kier molecular flexibility index (Phi) is 4.07. The zero-order valence-electron chi connectivity index (χ0n) is 9.74. The highest BCUT2D eigenvalue weighted by molar-refractivity contribution is 9.10. The van der Waals surface area contributed by atoms with Gasteiger partial charge in [0, 0.05) is 18.2 Å². The van der Waals surface area contributed by atoms with Crippen molar-refractivity contribution in [3.8, 4) is 11.6 Å². The molecule has 110 valence electrons. The lowest BCUT2D eigenvalue weighted by Gasteiger charge is -2.07. The Morgan fingerprint density at radius 2 is 1.76 bits per heavy atom. The minimum Gasteiger partial charge on any atom is -0.429 e. The van der Waals surface area contributed by atoms with E-state index in [1.54, 1.807) is 0 Å². The molecule has 0 saturated carbocycles.